The Labute approximate surface area is 140 Å². The van der Waals surface area contributed by atoms with E-state index < -0.39 is 0 Å². The Balaban J connectivity index is 1.86. The molecule has 23 heavy (non-hydrogen) atoms. The van der Waals surface area contributed by atoms with Crippen molar-refractivity contribution >= 4 is 29.1 Å². The number of rotatable bonds is 6. The van der Waals surface area contributed by atoms with Gasteiger partial charge in [-0.2, -0.15) is 0 Å². The molecule has 0 aliphatic rings. The van der Waals surface area contributed by atoms with E-state index >= 15 is 0 Å². The summed E-state index contributed by atoms with van der Waals surface area (Å²) in [5.41, 5.74) is 0.474. The quantitative estimate of drug-likeness (QED) is 0.794. The number of carbonyl (C=O) groups is 1. The first-order valence-electron chi connectivity index (χ1n) is 7.27. The number of anilines is 2. The van der Waals surface area contributed by atoms with E-state index in [-0.39, 0.29) is 5.91 Å². The number of halogens is 1. The second kappa shape index (κ2) is 7.78. The van der Waals surface area contributed by atoms with Crippen molar-refractivity contribution in [1.29, 1.82) is 0 Å². The third-order valence-electron chi connectivity index (χ3n) is 3.12. The molecule has 7 heteroatoms. The van der Waals surface area contributed by atoms with Crippen molar-refractivity contribution in [3.63, 3.8) is 0 Å². The molecule has 0 aliphatic heterocycles. The molecule has 0 saturated carbocycles. The molecule has 1 aromatic heterocycles. The first kappa shape index (κ1) is 17.0. The Kier molecular flexibility index (Phi) is 5.76. The van der Waals surface area contributed by atoms with E-state index in [0.29, 0.717) is 29.5 Å². The largest absolute Gasteiger partial charge is 0.368 e. The zero-order valence-corrected chi connectivity index (χ0v) is 14.2. The number of nitrogens with one attached hydrogen (secondary N) is 2. The molecule has 0 atom stereocenters. The summed E-state index contributed by atoms with van der Waals surface area (Å²) < 4.78 is 0. The van der Waals surface area contributed by atoms with Crippen LogP contribution < -0.4 is 15.5 Å². The fraction of sp³-hybridized carbons (Fsp3) is 0.312. The molecular weight excluding hydrogens is 314 g/mol. The molecule has 2 aromatic rings. The van der Waals surface area contributed by atoms with E-state index in [4.69, 9.17) is 11.6 Å². The molecule has 1 amide bonds. The lowest BCUT2D eigenvalue weighted by atomic mass is 10.2. The fourth-order valence-corrected chi connectivity index (χ4v) is 2.20. The van der Waals surface area contributed by atoms with Gasteiger partial charge < -0.3 is 15.5 Å². The SMILES string of the molecule is Cc1nc(NCCNC(=O)c2ccccc2Cl)cc(N(C)C)n1. The van der Waals surface area contributed by atoms with Gasteiger partial charge in [-0.15, -0.1) is 0 Å². The maximum atomic E-state index is 12.0. The number of amides is 1. The summed E-state index contributed by atoms with van der Waals surface area (Å²) in [6, 6.07) is 8.83. The van der Waals surface area contributed by atoms with Gasteiger partial charge in [-0.05, 0) is 19.1 Å². The molecule has 122 valence electrons. The zero-order valence-electron chi connectivity index (χ0n) is 13.4. The number of hydrogen-bond donors (Lipinski definition) is 2. The summed E-state index contributed by atoms with van der Waals surface area (Å²) in [4.78, 5) is 22.6. The minimum atomic E-state index is -0.190. The van der Waals surface area contributed by atoms with E-state index in [1.807, 2.05) is 32.0 Å². The van der Waals surface area contributed by atoms with Crippen LogP contribution in [0.1, 0.15) is 16.2 Å². The van der Waals surface area contributed by atoms with Crippen LogP contribution in [-0.2, 0) is 0 Å². The lowest BCUT2D eigenvalue weighted by molar-refractivity contribution is 0.0955. The van der Waals surface area contributed by atoms with Crippen LogP contribution in [0.5, 0.6) is 0 Å². The lowest BCUT2D eigenvalue weighted by Gasteiger charge is -2.14. The second-order valence-electron chi connectivity index (χ2n) is 5.22. The molecular formula is C16H20ClN5O. The van der Waals surface area contributed by atoms with Gasteiger partial charge >= 0.3 is 0 Å². The summed E-state index contributed by atoms with van der Waals surface area (Å²) in [6.07, 6.45) is 0. The van der Waals surface area contributed by atoms with E-state index in [2.05, 4.69) is 20.6 Å². The molecule has 0 fully saturated rings. The molecule has 0 spiro atoms. The van der Waals surface area contributed by atoms with Crippen molar-refractivity contribution in [1.82, 2.24) is 15.3 Å². The molecule has 2 rings (SSSR count). The normalized spacial score (nSPS) is 10.3. The van der Waals surface area contributed by atoms with Crippen LogP contribution in [0.4, 0.5) is 11.6 Å². The molecule has 0 unspecified atom stereocenters. The monoisotopic (exact) mass is 333 g/mol. The maximum Gasteiger partial charge on any atom is 0.252 e. The third-order valence-corrected chi connectivity index (χ3v) is 3.45. The van der Waals surface area contributed by atoms with Crippen LogP contribution in [0, 0.1) is 6.92 Å². The van der Waals surface area contributed by atoms with Gasteiger partial charge in [0.25, 0.3) is 5.91 Å². The van der Waals surface area contributed by atoms with Crippen LogP contribution in [0.2, 0.25) is 5.02 Å². The van der Waals surface area contributed by atoms with E-state index in [1.165, 1.54) is 0 Å². The molecule has 0 aliphatic carbocycles. The topological polar surface area (TPSA) is 70.2 Å². The number of carbonyl (C=O) groups excluding carboxylic acids is 1. The second-order valence-corrected chi connectivity index (χ2v) is 5.62. The first-order chi connectivity index (χ1) is 11.0. The Morgan fingerprint density at radius 2 is 1.96 bits per heavy atom. The summed E-state index contributed by atoms with van der Waals surface area (Å²) >= 11 is 5.99. The molecule has 2 N–H and O–H groups in total. The van der Waals surface area contributed by atoms with Gasteiger partial charge in [0.2, 0.25) is 0 Å². The zero-order chi connectivity index (χ0) is 16.8. The lowest BCUT2D eigenvalue weighted by Crippen LogP contribution is -2.29. The third kappa shape index (κ3) is 4.82. The Bertz CT molecular complexity index is 690. The van der Waals surface area contributed by atoms with E-state index in [0.717, 1.165) is 11.6 Å². The van der Waals surface area contributed by atoms with Gasteiger partial charge in [0.1, 0.15) is 17.5 Å². The highest BCUT2D eigenvalue weighted by molar-refractivity contribution is 6.33. The molecule has 6 nitrogen and oxygen atoms in total. The Morgan fingerprint density at radius 3 is 2.65 bits per heavy atom. The van der Waals surface area contributed by atoms with Crippen molar-refractivity contribution in [3.05, 3.63) is 46.7 Å². The fourth-order valence-electron chi connectivity index (χ4n) is 1.98. The summed E-state index contributed by atoms with van der Waals surface area (Å²) in [5, 5.41) is 6.44. The summed E-state index contributed by atoms with van der Waals surface area (Å²) in [5.74, 6) is 2.07. The molecule has 0 radical (unpaired) electrons. The number of aryl methyl sites for hydroxylation is 1. The predicted molar refractivity (Wildman–Crippen MR) is 93.4 cm³/mol. The molecule has 1 aromatic carbocycles. The van der Waals surface area contributed by atoms with Crippen molar-refractivity contribution < 1.29 is 4.79 Å². The van der Waals surface area contributed by atoms with Crippen LogP contribution in [-0.4, -0.2) is 43.1 Å². The van der Waals surface area contributed by atoms with Crippen molar-refractivity contribution in [2.24, 2.45) is 0 Å². The Morgan fingerprint density at radius 1 is 1.22 bits per heavy atom. The average Bonchev–Trinajstić information content (AvgIpc) is 2.51. The minimum Gasteiger partial charge on any atom is -0.368 e. The first-order valence-corrected chi connectivity index (χ1v) is 7.65. The van der Waals surface area contributed by atoms with E-state index in [1.54, 1.807) is 24.3 Å². The number of benzene rings is 1. The van der Waals surface area contributed by atoms with Crippen molar-refractivity contribution in [2.45, 2.75) is 6.92 Å². The van der Waals surface area contributed by atoms with Crippen molar-refractivity contribution in [2.75, 3.05) is 37.4 Å². The summed E-state index contributed by atoms with van der Waals surface area (Å²) in [6.45, 7) is 2.86. The highest BCUT2D eigenvalue weighted by Crippen LogP contribution is 2.14. The van der Waals surface area contributed by atoms with Gasteiger partial charge in [0.05, 0.1) is 10.6 Å². The van der Waals surface area contributed by atoms with Crippen molar-refractivity contribution in [3.8, 4) is 0 Å². The number of hydrogen-bond acceptors (Lipinski definition) is 5. The Hall–Kier alpha value is -2.34. The molecule has 1 heterocycles. The standard InChI is InChI=1S/C16H20ClN5O/c1-11-20-14(10-15(21-11)22(2)3)18-8-9-19-16(23)12-6-4-5-7-13(12)17/h4-7,10H,8-9H2,1-3H3,(H,19,23)(H,18,20,21). The van der Waals surface area contributed by atoms with Crippen LogP contribution in [0.25, 0.3) is 0 Å². The summed E-state index contributed by atoms with van der Waals surface area (Å²) in [7, 11) is 3.85. The van der Waals surface area contributed by atoms with Gasteiger partial charge in [0.15, 0.2) is 0 Å². The van der Waals surface area contributed by atoms with Gasteiger partial charge in [0, 0.05) is 33.3 Å². The predicted octanol–water partition coefficient (Wildman–Crippen LogP) is 2.35. The smallest absolute Gasteiger partial charge is 0.252 e. The molecule has 0 bridgehead atoms. The highest BCUT2D eigenvalue weighted by atomic mass is 35.5. The van der Waals surface area contributed by atoms with E-state index in [9.17, 15) is 4.79 Å². The average molecular weight is 334 g/mol. The van der Waals surface area contributed by atoms with Crippen LogP contribution >= 0.6 is 11.6 Å². The van der Waals surface area contributed by atoms with Crippen LogP contribution in [0.15, 0.2) is 30.3 Å². The number of nitrogens with zero attached hydrogens (tertiary/aromatic N) is 3. The van der Waals surface area contributed by atoms with Gasteiger partial charge in [-0.3, -0.25) is 4.79 Å². The maximum absolute atomic E-state index is 12.0. The van der Waals surface area contributed by atoms with Gasteiger partial charge in [-0.1, -0.05) is 23.7 Å². The van der Waals surface area contributed by atoms with Crippen LogP contribution in [0.3, 0.4) is 0 Å². The number of aromatic nitrogens is 2. The highest BCUT2D eigenvalue weighted by Gasteiger charge is 2.08. The molecule has 0 saturated heterocycles. The minimum absolute atomic E-state index is 0.190. The van der Waals surface area contributed by atoms with Gasteiger partial charge in [-0.25, -0.2) is 9.97 Å².